The fourth-order valence-electron chi connectivity index (χ4n) is 5.36. The molecule has 2 saturated heterocycles. The number of fused-ring (bicyclic) bond motifs is 1. The van der Waals surface area contributed by atoms with E-state index in [0.29, 0.717) is 47.8 Å². The van der Waals surface area contributed by atoms with Crippen LogP contribution in [0.2, 0.25) is 0 Å². The molecule has 40 heavy (non-hydrogen) atoms. The van der Waals surface area contributed by atoms with Crippen LogP contribution in [0.4, 0.5) is 45.3 Å². The number of nitrogens with zero attached hydrogens (tertiary/aromatic N) is 4. The lowest BCUT2D eigenvalue weighted by atomic mass is 9.86. The molecule has 1 aromatic carbocycles. The molecule has 0 aliphatic carbocycles. The summed E-state index contributed by atoms with van der Waals surface area (Å²) in [6.45, 7) is 3.25. The van der Waals surface area contributed by atoms with Gasteiger partial charge >= 0.3 is 18.5 Å². The molecule has 2 aromatic heterocycles. The molecule has 2 aliphatic rings. The molecule has 2 atom stereocenters. The topological polar surface area (TPSA) is 41.5 Å². The number of ether oxygens (including phenoxy) is 1. The van der Waals surface area contributed by atoms with Gasteiger partial charge in [-0.1, -0.05) is 12.1 Å². The van der Waals surface area contributed by atoms with Crippen molar-refractivity contribution in [2.45, 2.75) is 50.4 Å². The lowest BCUT2D eigenvalue weighted by molar-refractivity contribution is -0.305. The van der Waals surface area contributed by atoms with E-state index in [1.165, 1.54) is 24.5 Å². The molecule has 0 bridgehead atoms. The third-order valence-electron chi connectivity index (χ3n) is 7.16. The number of alkyl halides is 9. The standard InChI is InChI=1S/C25H23F9N4OS/c26-21(24(30,31)32)25(33,34)39-16-3-1-15(2-4-16)11-37-7-5-22(12-37)6-8-38(13-22)19-18-9-17(10-23(27,28)29)40-20(18)36-14-35-19/h1-4,9,14,21H,5-8,10-13H2. The number of halogens is 9. The zero-order valence-electron chi connectivity index (χ0n) is 20.7. The predicted octanol–water partition coefficient (Wildman–Crippen LogP) is 6.77. The van der Waals surface area contributed by atoms with Crippen LogP contribution in [0.3, 0.4) is 0 Å². The normalized spacial score (nSPS) is 21.6. The van der Waals surface area contributed by atoms with Crippen molar-refractivity contribution in [2.75, 3.05) is 31.1 Å². The monoisotopic (exact) mass is 598 g/mol. The molecule has 5 nitrogen and oxygen atoms in total. The first-order valence-electron chi connectivity index (χ1n) is 12.3. The Hall–Kier alpha value is -2.81. The van der Waals surface area contributed by atoms with Gasteiger partial charge in [-0.25, -0.2) is 14.4 Å². The second-order valence-corrected chi connectivity index (χ2v) is 11.4. The van der Waals surface area contributed by atoms with E-state index >= 15 is 0 Å². The lowest BCUT2D eigenvalue weighted by Gasteiger charge is -2.25. The zero-order chi connectivity index (χ0) is 28.9. The number of thiophene rings is 1. The minimum Gasteiger partial charge on any atom is -0.430 e. The van der Waals surface area contributed by atoms with Crippen LogP contribution < -0.4 is 9.64 Å². The van der Waals surface area contributed by atoms with Gasteiger partial charge in [-0.05, 0) is 43.1 Å². The molecule has 0 amide bonds. The minimum absolute atomic E-state index is 0.0685. The van der Waals surface area contributed by atoms with Crippen LogP contribution in [-0.2, 0) is 13.0 Å². The van der Waals surface area contributed by atoms with Gasteiger partial charge in [-0.2, -0.15) is 35.1 Å². The average Bonchev–Trinajstić information content (AvgIpc) is 3.56. The van der Waals surface area contributed by atoms with Gasteiger partial charge in [0.1, 0.15) is 22.7 Å². The van der Waals surface area contributed by atoms with Crippen LogP contribution in [0, 0.1) is 5.41 Å². The van der Waals surface area contributed by atoms with Crippen LogP contribution in [0.25, 0.3) is 10.2 Å². The molecular weight excluding hydrogens is 575 g/mol. The van der Waals surface area contributed by atoms with Gasteiger partial charge in [0.15, 0.2) is 0 Å². The Kier molecular flexibility index (Phi) is 7.34. The van der Waals surface area contributed by atoms with E-state index in [4.69, 9.17) is 0 Å². The quantitative estimate of drug-likeness (QED) is 0.281. The van der Waals surface area contributed by atoms with E-state index in [0.717, 1.165) is 42.9 Å². The lowest BCUT2D eigenvalue weighted by Crippen LogP contribution is -2.45. The second-order valence-electron chi connectivity index (χ2n) is 10.3. The molecule has 4 heterocycles. The van der Waals surface area contributed by atoms with Crippen LogP contribution in [-0.4, -0.2) is 65.7 Å². The molecule has 0 saturated carbocycles. The minimum atomic E-state index is -5.76. The number of hydrogen-bond donors (Lipinski definition) is 0. The Balaban J connectivity index is 1.20. The van der Waals surface area contributed by atoms with Crippen LogP contribution in [0.1, 0.15) is 23.3 Å². The van der Waals surface area contributed by atoms with Crippen molar-refractivity contribution in [1.82, 2.24) is 14.9 Å². The number of rotatable bonds is 7. The van der Waals surface area contributed by atoms with E-state index < -0.39 is 36.8 Å². The second kappa shape index (κ2) is 10.2. The maximum absolute atomic E-state index is 13.5. The first-order valence-corrected chi connectivity index (χ1v) is 13.1. The SMILES string of the molecule is FC(C(F)(F)F)C(F)(F)Oc1ccc(CN2CCC3(CCN(c4ncnc5sc(CC(F)(F)F)cc45)C3)C2)cc1. The molecule has 15 heteroatoms. The Bertz CT molecular complexity index is 1340. The highest BCUT2D eigenvalue weighted by Crippen LogP contribution is 2.43. The molecular formula is C25H23F9N4OS. The highest BCUT2D eigenvalue weighted by molar-refractivity contribution is 7.18. The number of anilines is 1. The third kappa shape index (κ3) is 6.24. The van der Waals surface area contributed by atoms with Crippen molar-refractivity contribution in [3.8, 4) is 5.75 Å². The molecule has 2 fully saturated rings. The summed E-state index contributed by atoms with van der Waals surface area (Å²) in [5.74, 6) is 0.0198. The zero-order valence-corrected chi connectivity index (χ0v) is 21.5. The fraction of sp³-hybridized carbons (Fsp3) is 0.520. The number of benzene rings is 1. The number of likely N-dealkylation sites (tertiary alicyclic amines) is 1. The summed E-state index contributed by atoms with van der Waals surface area (Å²) < 4.78 is 120. The van der Waals surface area contributed by atoms with Gasteiger partial charge in [0.2, 0.25) is 0 Å². The molecule has 2 aliphatic heterocycles. The molecule has 2 unspecified atom stereocenters. The van der Waals surface area contributed by atoms with Gasteiger partial charge in [0, 0.05) is 36.5 Å². The number of hydrogen-bond acceptors (Lipinski definition) is 6. The molecule has 0 N–H and O–H groups in total. The van der Waals surface area contributed by atoms with E-state index in [2.05, 4.69) is 24.5 Å². The van der Waals surface area contributed by atoms with Crippen molar-refractivity contribution in [1.29, 1.82) is 0 Å². The van der Waals surface area contributed by atoms with E-state index in [1.807, 2.05) is 0 Å². The smallest absolute Gasteiger partial charge is 0.430 e. The first-order chi connectivity index (χ1) is 18.6. The van der Waals surface area contributed by atoms with Crippen LogP contribution in [0.5, 0.6) is 5.75 Å². The van der Waals surface area contributed by atoms with Crippen molar-refractivity contribution in [3.63, 3.8) is 0 Å². The highest BCUT2D eigenvalue weighted by atomic mass is 32.1. The largest absolute Gasteiger partial charge is 0.439 e. The Labute approximate surface area is 226 Å². The number of aromatic nitrogens is 2. The summed E-state index contributed by atoms with van der Waals surface area (Å²) in [4.78, 5) is 13.4. The van der Waals surface area contributed by atoms with Crippen LogP contribution >= 0.6 is 11.3 Å². The van der Waals surface area contributed by atoms with Gasteiger partial charge < -0.3 is 9.64 Å². The predicted molar refractivity (Wildman–Crippen MR) is 129 cm³/mol. The maximum Gasteiger partial charge on any atom is 0.439 e. The van der Waals surface area contributed by atoms with Gasteiger partial charge in [-0.3, -0.25) is 4.90 Å². The summed E-state index contributed by atoms with van der Waals surface area (Å²) in [6.07, 6.45) is -17.5. The fourth-order valence-corrected chi connectivity index (χ4v) is 6.38. The summed E-state index contributed by atoms with van der Waals surface area (Å²) in [5, 5.41) is 0.598. The Morgan fingerprint density at radius 3 is 2.33 bits per heavy atom. The van der Waals surface area contributed by atoms with Gasteiger partial charge in [0.05, 0.1) is 11.8 Å². The van der Waals surface area contributed by atoms with E-state index in [-0.39, 0.29) is 10.3 Å². The molecule has 218 valence electrons. The highest BCUT2D eigenvalue weighted by Gasteiger charge is 2.59. The molecule has 5 rings (SSSR count). The summed E-state index contributed by atoms with van der Waals surface area (Å²) >= 11 is 1.00. The summed E-state index contributed by atoms with van der Waals surface area (Å²) in [7, 11) is 0. The van der Waals surface area contributed by atoms with Crippen molar-refractivity contribution < 1.29 is 44.3 Å². The summed E-state index contributed by atoms with van der Waals surface area (Å²) in [6, 6.07) is 6.53. The van der Waals surface area contributed by atoms with E-state index in [1.54, 1.807) is 0 Å². The Morgan fingerprint density at radius 2 is 1.65 bits per heavy atom. The molecule has 0 radical (unpaired) electrons. The molecule has 1 spiro atoms. The van der Waals surface area contributed by atoms with Crippen molar-refractivity contribution in [3.05, 3.63) is 47.1 Å². The van der Waals surface area contributed by atoms with Crippen molar-refractivity contribution in [2.24, 2.45) is 5.41 Å². The Morgan fingerprint density at radius 1 is 0.950 bits per heavy atom. The average molecular weight is 599 g/mol. The van der Waals surface area contributed by atoms with Crippen molar-refractivity contribution >= 4 is 27.4 Å². The van der Waals surface area contributed by atoms with E-state index in [9.17, 15) is 39.5 Å². The molecule has 3 aromatic rings. The summed E-state index contributed by atoms with van der Waals surface area (Å²) in [5.41, 5.74) is 0.643. The maximum atomic E-state index is 13.5. The van der Waals surface area contributed by atoms with Gasteiger partial charge in [0.25, 0.3) is 6.17 Å². The third-order valence-corrected chi connectivity index (χ3v) is 8.20. The van der Waals surface area contributed by atoms with Gasteiger partial charge in [-0.15, -0.1) is 11.3 Å². The first kappa shape index (κ1) is 28.7. The van der Waals surface area contributed by atoms with Crippen LogP contribution in [0.15, 0.2) is 36.7 Å².